The van der Waals surface area contributed by atoms with Crippen molar-refractivity contribution in [2.45, 2.75) is 31.0 Å². The maximum atomic E-state index is 12.5. The summed E-state index contributed by atoms with van der Waals surface area (Å²) in [5, 5.41) is 11.3. The molecule has 0 radical (unpaired) electrons. The Morgan fingerprint density at radius 3 is 2.26 bits per heavy atom. The standard InChI is InChI=1S/C16H21F6NO8/c17-15(18,19)12(25)11(13(26)16(20,21)22)5-9(24)6-29-3-4-30-14(27)23-1-2-28-7-10-8-31-10/h10-12,25H,1-8H2,(H,23,27). The van der Waals surface area contributed by atoms with Crippen molar-refractivity contribution >= 4 is 17.7 Å². The third-order valence-electron chi connectivity index (χ3n) is 3.73. The van der Waals surface area contributed by atoms with Gasteiger partial charge in [-0.25, -0.2) is 4.79 Å². The number of halogens is 6. The molecule has 15 heteroatoms. The molecular formula is C16H21F6NO8. The highest BCUT2D eigenvalue weighted by atomic mass is 19.4. The minimum atomic E-state index is -5.67. The second kappa shape index (κ2) is 12.2. The molecule has 0 saturated carbocycles. The van der Waals surface area contributed by atoms with Crippen molar-refractivity contribution < 1.29 is 64.8 Å². The Labute approximate surface area is 171 Å². The molecular weight excluding hydrogens is 448 g/mol. The number of aliphatic hydroxyl groups excluding tert-OH is 1. The topological polar surface area (TPSA) is 124 Å². The summed E-state index contributed by atoms with van der Waals surface area (Å²) in [7, 11) is 0. The highest BCUT2D eigenvalue weighted by molar-refractivity contribution is 5.92. The van der Waals surface area contributed by atoms with Crippen LogP contribution in [0.15, 0.2) is 0 Å². The first-order chi connectivity index (χ1) is 14.3. The number of alkyl carbamates (subject to hydrolysis) is 1. The average molecular weight is 469 g/mol. The van der Waals surface area contributed by atoms with Crippen LogP contribution in [0.3, 0.4) is 0 Å². The molecule has 1 heterocycles. The van der Waals surface area contributed by atoms with Gasteiger partial charge < -0.3 is 29.4 Å². The van der Waals surface area contributed by atoms with Crippen LogP contribution >= 0.6 is 0 Å². The quantitative estimate of drug-likeness (QED) is 0.217. The van der Waals surface area contributed by atoms with E-state index in [9.17, 15) is 40.7 Å². The number of ketones is 2. The number of aliphatic hydroxyl groups is 1. The van der Waals surface area contributed by atoms with Gasteiger partial charge in [-0.2, -0.15) is 26.3 Å². The van der Waals surface area contributed by atoms with Gasteiger partial charge in [-0.05, 0) is 0 Å². The van der Waals surface area contributed by atoms with Crippen molar-refractivity contribution in [3.8, 4) is 0 Å². The lowest BCUT2D eigenvalue weighted by Crippen LogP contribution is -2.45. The van der Waals surface area contributed by atoms with E-state index < -0.39 is 61.7 Å². The molecule has 1 saturated heterocycles. The van der Waals surface area contributed by atoms with E-state index in [1.807, 2.05) is 0 Å². The lowest BCUT2D eigenvalue weighted by atomic mass is 9.91. The van der Waals surface area contributed by atoms with Crippen LogP contribution in [-0.4, -0.2) is 93.5 Å². The molecule has 0 aliphatic carbocycles. The number of epoxide rings is 1. The van der Waals surface area contributed by atoms with Crippen molar-refractivity contribution in [3.05, 3.63) is 0 Å². The number of Topliss-reactive ketones (excluding diaryl/α,β-unsaturated/α-hetero) is 2. The van der Waals surface area contributed by atoms with E-state index in [-0.39, 0.29) is 25.9 Å². The van der Waals surface area contributed by atoms with Gasteiger partial charge in [0.15, 0.2) is 11.9 Å². The fourth-order valence-electron chi connectivity index (χ4n) is 2.12. The zero-order valence-electron chi connectivity index (χ0n) is 16.0. The Morgan fingerprint density at radius 2 is 1.71 bits per heavy atom. The third-order valence-corrected chi connectivity index (χ3v) is 3.73. The van der Waals surface area contributed by atoms with E-state index in [0.29, 0.717) is 13.2 Å². The summed E-state index contributed by atoms with van der Waals surface area (Å²) in [6.07, 6.45) is -17.2. The van der Waals surface area contributed by atoms with E-state index in [1.54, 1.807) is 0 Å². The monoisotopic (exact) mass is 469 g/mol. The predicted octanol–water partition coefficient (Wildman–Crippen LogP) is 0.775. The molecule has 31 heavy (non-hydrogen) atoms. The average Bonchev–Trinajstić information content (AvgIpc) is 3.47. The Kier molecular flexibility index (Phi) is 10.6. The Morgan fingerprint density at radius 1 is 1.06 bits per heavy atom. The van der Waals surface area contributed by atoms with E-state index >= 15 is 0 Å². The smallest absolute Gasteiger partial charge is 0.447 e. The highest BCUT2D eigenvalue weighted by Gasteiger charge is 2.53. The number of carbonyl (C=O) groups is 3. The molecule has 1 amide bonds. The van der Waals surface area contributed by atoms with Crippen LogP contribution < -0.4 is 5.32 Å². The summed E-state index contributed by atoms with van der Waals surface area (Å²) >= 11 is 0. The maximum Gasteiger partial charge on any atom is 0.450 e. The van der Waals surface area contributed by atoms with Crippen molar-refractivity contribution in [2.24, 2.45) is 5.92 Å². The molecule has 1 aliphatic rings. The minimum absolute atomic E-state index is 0.0744. The first-order valence-corrected chi connectivity index (χ1v) is 8.87. The van der Waals surface area contributed by atoms with Crippen LogP contribution in [0, 0.1) is 5.92 Å². The summed E-state index contributed by atoms with van der Waals surface area (Å²) < 4.78 is 94.3. The molecule has 0 aromatic heterocycles. The molecule has 180 valence electrons. The van der Waals surface area contributed by atoms with Crippen LogP contribution in [0.25, 0.3) is 0 Å². The number of amides is 1. The van der Waals surface area contributed by atoms with Gasteiger partial charge in [-0.1, -0.05) is 0 Å². The van der Waals surface area contributed by atoms with Crippen molar-refractivity contribution in [1.29, 1.82) is 0 Å². The zero-order valence-corrected chi connectivity index (χ0v) is 16.0. The Bertz CT molecular complexity index is 608. The van der Waals surface area contributed by atoms with Gasteiger partial charge in [-0.3, -0.25) is 9.59 Å². The minimum Gasteiger partial charge on any atom is -0.447 e. The van der Waals surface area contributed by atoms with Crippen LogP contribution in [0.5, 0.6) is 0 Å². The van der Waals surface area contributed by atoms with Gasteiger partial charge in [0.25, 0.3) is 0 Å². The molecule has 3 unspecified atom stereocenters. The molecule has 1 rings (SSSR count). The largest absolute Gasteiger partial charge is 0.450 e. The number of hydrogen-bond donors (Lipinski definition) is 2. The summed E-state index contributed by atoms with van der Waals surface area (Å²) in [5.74, 6) is -7.21. The van der Waals surface area contributed by atoms with E-state index in [1.165, 1.54) is 0 Å². The first-order valence-electron chi connectivity index (χ1n) is 8.87. The van der Waals surface area contributed by atoms with Crippen LogP contribution in [0.2, 0.25) is 0 Å². The summed E-state index contributed by atoms with van der Waals surface area (Å²) in [6, 6.07) is 0. The van der Waals surface area contributed by atoms with Gasteiger partial charge in [0.1, 0.15) is 19.3 Å². The maximum absolute atomic E-state index is 12.5. The number of alkyl halides is 6. The molecule has 1 aliphatic heterocycles. The molecule has 0 aromatic carbocycles. The summed E-state index contributed by atoms with van der Waals surface area (Å²) in [4.78, 5) is 34.1. The number of ether oxygens (including phenoxy) is 4. The molecule has 9 nitrogen and oxygen atoms in total. The summed E-state index contributed by atoms with van der Waals surface area (Å²) in [5.41, 5.74) is 0. The first kappa shape index (κ1) is 27.1. The van der Waals surface area contributed by atoms with Gasteiger partial charge in [0.05, 0.1) is 32.3 Å². The molecule has 3 atom stereocenters. The number of rotatable bonds is 14. The molecule has 1 fully saturated rings. The summed E-state index contributed by atoms with van der Waals surface area (Å²) in [6.45, 7) is -0.342. The van der Waals surface area contributed by atoms with Gasteiger partial charge >= 0.3 is 18.4 Å². The van der Waals surface area contributed by atoms with Gasteiger partial charge in [-0.15, -0.1) is 0 Å². The normalized spacial score (nSPS) is 18.2. The highest BCUT2D eigenvalue weighted by Crippen LogP contribution is 2.32. The molecule has 0 bridgehead atoms. The van der Waals surface area contributed by atoms with Crippen LogP contribution in [0.1, 0.15) is 6.42 Å². The SMILES string of the molecule is O=C(COCCOC(=O)NCCOCC1CO1)CC(C(=O)C(F)(F)F)C(O)C(F)(F)F. The third kappa shape index (κ3) is 11.3. The van der Waals surface area contributed by atoms with Gasteiger partial charge in [0, 0.05) is 13.0 Å². The Hall–Kier alpha value is -1.97. The molecule has 0 aromatic rings. The van der Waals surface area contributed by atoms with Gasteiger partial charge in [0.2, 0.25) is 5.78 Å². The zero-order chi connectivity index (χ0) is 23.7. The second-order valence-electron chi connectivity index (χ2n) is 6.34. The number of carbonyl (C=O) groups excluding carboxylic acids is 3. The van der Waals surface area contributed by atoms with Crippen LogP contribution in [0.4, 0.5) is 31.1 Å². The van der Waals surface area contributed by atoms with Crippen LogP contribution in [-0.2, 0) is 28.5 Å². The van der Waals surface area contributed by atoms with Crippen molar-refractivity contribution in [3.63, 3.8) is 0 Å². The van der Waals surface area contributed by atoms with Crippen molar-refractivity contribution in [1.82, 2.24) is 5.32 Å². The second-order valence-corrected chi connectivity index (χ2v) is 6.34. The van der Waals surface area contributed by atoms with Crippen molar-refractivity contribution in [2.75, 3.05) is 46.2 Å². The lowest BCUT2D eigenvalue weighted by molar-refractivity contribution is -0.228. The van der Waals surface area contributed by atoms with E-state index in [2.05, 4.69) is 10.1 Å². The Balaban J connectivity index is 2.26. The molecule has 0 spiro atoms. The number of hydrogen-bond acceptors (Lipinski definition) is 8. The molecule has 2 N–H and O–H groups in total. The fraction of sp³-hybridized carbons (Fsp3) is 0.812. The van der Waals surface area contributed by atoms with E-state index in [0.717, 1.165) is 0 Å². The fourth-order valence-corrected chi connectivity index (χ4v) is 2.12. The van der Waals surface area contributed by atoms with E-state index in [4.69, 9.17) is 19.3 Å². The number of nitrogens with one attached hydrogen (secondary N) is 1. The predicted molar refractivity (Wildman–Crippen MR) is 87.0 cm³/mol. The lowest BCUT2D eigenvalue weighted by Gasteiger charge is -2.24.